The van der Waals surface area contributed by atoms with E-state index in [4.69, 9.17) is 0 Å². The van der Waals surface area contributed by atoms with Crippen LogP contribution in [-0.2, 0) is 15.1 Å². The average molecular weight is 848 g/mol. The minimum absolute atomic E-state index is 0.0882. The Hall–Kier alpha value is -3.63. The van der Waals surface area contributed by atoms with Crippen molar-refractivity contribution in [1.29, 1.82) is 0 Å². The molecule has 0 bridgehead atoms. The molecule has 3 atom stereocenters. The van der Waals surface area contributed by atoms with E-state index in [1.165, 1.54) is 24.3 Å². The molecule has 0 heterocycles. The SMILES string of the molecule is CC(C)(F)C[C@H](N[C@@](C#CCBr)(c1ccc(Br)cc1)C(F)(F)F)C(=O)N[C@@H](CS)C(=O)Nc1cccc(C(c2ccccc2)c2ccccc2)c1. The maximum absolute atomic E-state index is 15.1. The van der Waals surface area contributed by atoms with E-state index in [-0.39, 0.29) is 22.6 Å². The third-order valence-electron chi connectivity index (χ3n) is 8.01. The molecule has 0 fully saturated rings. The summed E-state index contributed by atoms with van der Waals surface area (Å²) >= 11 is 10.5. The normalized spacial score (nSPS) is 14.1. The Kier molecular flexibility index (Phi) is 14.0. The van der Waals surface area contributed by atoms with Crippen molar-refractivity contribution in [2.75, 3.05) is 16.4 Å². The first-order chi connectivity index (χ1) is 24.2. The van der Waals surface area contributed by atoms with Gasteiger partial charge >= 0.3 is 6.18 Å². The highest BCUT2D eigenvalue weighted by molar-refractivity contribution is 9.10. The number of amides is 2. The van der Waals surface area contributed by atoms with Crippen molar-refractivity contribution < 1.29 is 27.2 Å². The largest absolute Gasteiger partial charge is 0.422 e. The molecule has 0 spiro atoms. The number of carbonyl (C=O) groups excluding carboxylic acids is 2. The van der Waals surface area contributed by atoms with E-state index in [9.17, 15) is 9.59 Å². The second-order valence-electron chi connectivity index (χ2n) is 12.4. The van der Waals surface area contributed by atoms with Gasteiger partial charge in [-0.1, -0.05) is 129 Å². The molecule has 0 radical (unpaired) electrons. The lowest BCUT2D eigenvalue weighted by Crippen LogP contribution is -2.62. The predicted octanol–water partition coefficient (Wildman–Crippen LogP) is 8.93. The van der Waals surface area contributed by atoms with Crippen molar-refractivity contribution in [2.24, 2.45) is 0 Å². The van der Waals surface area contributed by atoms with Crippen molar-refractivity contribution in [1.82, 2.24) is 10.6 Å². The van der Waals surface area contributed by atoms with Gasteiger partial charge in [-0.05, 0) is 60.4 Å². The van der Waals surface area contributed by atoms with Crippen molar-refractivity contribution in [3.8, 4) is 11.8 Å². The summed E-state index contributed by atoms with van der Waals surface area (Å²) in [6.07, 6.45) is -5.70. The number of carbonyl (C=O) groups is 2. The Labute approximate surface area is 318 Å². The highest BCUT2D eigenvalue weighted by Crippen LogP contribution is 2.40. The number of hydrogen-bond donors (Lipinski definition) is 4. The molecule has 268 valence electrons. The summed E-state index contributed by atoms with van der Waals surface area (Å²) in [5.74, 6) is 2.64. The fourth-order valence-electron chi connectivity index (χ4n) is 5.69. The zero-order valence-electron chi connectivity index (χ0n) is 27.8. The number of rotatable bonds is 13. The first kappa shape index (κ1) is 40.1. The van der Waals surface area contributed by atoms with E-state index in [0.29, 0.717) is 10.2 Å². The molecule has 4 aromatic rings. The fraction of sp³-hybridized carbons (Fsp3) is 0.282. The second kappa shape index (κ2) is 17.7. The highest BCUT2D eigenvalue weighted by atomic mass is 79.9. The van der Waals surface area contributed by atoms with Gasteiger partial charge in [0.15, 0.2) is 0 Å². The molecular weight excluding hydrogens is 810 g/mol. The third kappa shape index (κ3) is 10.7. The van der Waals surface area contributed by atoms with Gasteiger partial charge in [-0.15, -0.1) is 0 Å². The number of halogens is 6. The number of benzene rings is 4. The van der Waals surface area contributed by atoms with Crippen LogP contribution < -0.4 is 16.0 Å². The van der Waals surface area contributed by atoms with Gasteiger partial charge in [0.2, 0.25) is 17.4 Å². The molecule has 5 nitrogen and oxygen atoms in total. The van der Waals surface area contributed by atoms with Crippen molar-refractivity contribution in [3.05, 3.63) is 136 Å². The van der Waals surface area contributed by atoms with Crippen LogP contribution in [0.25, 0.3) is 0 Å². The maximum Gasteiger partial charge on any atom is 0.422 e. The number of alkyl halides is 5. The Bertz CT molecular complexity index is 1790. The van der Waals surface area contributed by atoms with Crippen LogP contribution in [0.15, 0.2) is 114 Å². The monoisotopic (exact) mass is 845 g/mol. The minimum Gasteiger partial charge on any atom is -0.342 e. The average Bonchev–Trinajstić information content (AvgIpc) is 3.09. The topological polar surface area (TPSA) is 70.2 Å². The maximum atomic E-state index is 15.1. The van der Waals surface area contributed by atoms with E-state index in [0.717, 1.165) is 30.5 Å². The van der Waals surface area contributed by atoms with Crippen LogP contribution in [0.4, 0.5) is 23.2 Å². The van der Waals surface area contributed by atoms with Crippen LogP contribution in [0.5, 0.6) is 0 Å². The molecule has 0 unspecified atom stereocenters. The van der Waals surface area contributed by atoms with Crippen LogP contribution in [0, 0.1) is 11.8 Å². The lowest BCUT2D eigenvalue weighted by atomic mass is 9.85. The van der Waals surface area contributed by atoms with Gasteiger partial charge < -0.3 is 10.6 Å². The first-order valence-corrected chi connectivity index (χ1v) is 18.5. The number of anilines is 1. The van der Waals surface area contributed by atoms with Gasteiger partial charge in [-0.25, -0.2) is 4.39 Å². The Morgan fingerprint density at radius 2 is 1.35 bits per heavy atom. The Balaban J connectivity index is 1.62. The molecule has 0 aromatic heterocycles. The van der Waals surface area contributed by atoms with E-state index in [1.54, 1.807) is 12.1 Å². The van der Waals surface area contributed by atoms with Crippen LogP contribution in [0.2, 0.25) is 0 Å². The van der Waals surface area contributed by atoms with Crippen LogP contribution >= 0.6 is 44.5 Å². The predicted molar refractivity (Wildman–Crippen MR) is 205 cm³/mol. The smallest absolute Gasteiger partial charge is 0.342 e. The summed E-state index contributed by atoms with van der Waals surface area (Å²) in [4.78, 5) is 27.3. The van der Waals surface area contributed by atoms with Crippen LogP contribution in [0.3, 0.4) is 0 Å². The summed E-state index contributed by atoms with van der Waals surface area (Å²) in [6, 6.07) is 29.3. The van der Waals surface area contributed by atoms with Crippen LogP contribution in [0.1, 0.15) is 48.4 Å². The number of thiol groups is 1. The summed E-state index contributed by atoms with van der Waals surface area (Å²) in [6.45, 7) is 2.31. The van der Waals surface area contributed by atoms with Crippen molar-refractivity contribution in [3.63, 3.8) is 0 Å². The van der Waals surface area contributed by atoms with Gasteiger partial charge in [0.05, 0.1) is 11.4 Å². The number of nitrogens with one attached hydrogen (secondary N) is 3. The minimum atomic E-state index is -5.04. The second-order valence-corrected chi connectivity index (χ2v) is 14.3. The summed E-state index contributed by atoms with van der Waals surface area (Å²) < 4.78 is 60.8. The van der Waals surface area contributed by atoms with E-state index >= 15 is 17.6 Å². The summed E-state index contributed by atoms with van der Waals surface area (Å²) in [5, 5.41) is 7.58. The molecular formula is C39H37Br2F4N3O2S. The molecule has 0 aliphatic heterocycles. The molecule has 0 aliphatic carbocycles. The highest BCUT2D eigenvalue weighted by Gasteiger charge is 2.57. The van der Waals surface area contributed by atoms with Crippen molar-refractivity contribution in [2.45, 2.75) is 55.7 Å². The summed E-state index contributed by atoms with van der Waals surface area (Å²) in [5.41, 5.74) is -2.02. The molecule has 2 amide bonds. The van der Waals surface area contributed by atoms with Gasteiger partial charge in [0, 0.05) is 28.3 Å². The lowest BCUT2D eigenvalue weighted by molar-refractivity contribution is -0.185. The fourth-order valence-corrected chi connectivity index (χ4v) is 6.35. The van der Waals surface area contributed by atoms with Gasteiger partial charge in [0.25, 0.3) is 0 Å². The molecule has 51 heavy (non-hydrogen) atoms. The third-order valence-corrected chi connectivity index (χ3v) is 9.18. The standard InChI is InChI=1S/C39H37Br2F4N3O2S/c1-37(2,42)24-32(48-38(21-10-22-40,39(43,44)45)29-17-19-30(41)20-18-29)35(49)47-33(25-51)36(50)46-31-16-9-15-28(23-31)34(26-11-5-3-6-12-26)27-13-7-4-8-14-27/h3-9,11-20,23,32-34,48,51H,22,24-25H2,1-2H3,(H,46,50)(H,47,49)/t32-,33-,38-/m0/s1. The molecule has 0 aliphatic rings. The molecule has 0 saturated heterocycles. The van der Waals surface area contributed by atoms with Crippen molar-refractivity contribution >= 4 is 62.0 Å². The number of hydrogen-bond acceptors (Lipinski definition) is 4. The van der Waals surface area contributed by atoms with E-state index < -0.39 is 47.7 Å². The van der Waals surface area contributed by atoms with Gasteiger partial charge in [0.1, 0.15) is 11.7 Å². The zero-order valence-corrected chi connectivity index (χ0v) is 31.8. The molecule has 0 saturated carbocycles. The van der Waals surface area contributed by atoms with E-state index in [1.807, 2.05) is 72.8 Å². The molecule has 4 aromatic carbocycles. The van der Waals surface area contributed by atoms with E-state index in [2.05, 4.69) is 72.3 Å². The Morgan fingerprint density at radius 3 is 1.86 bits per heavy atom. The van der Waals surface area contributed by atoms with Gasteiger partial charge in [-0.3, -0.25) is 14.9 Å². The quantitative estimate of drug-likeness (QED) is 0.0358. The van der Waals surface area contributed by atoms with Crippen LogP contribution in [-0.4, -0.2) is 46.8 Å². The Morgan fingerprint density at radius 1 is 0.784 bits per heavy atom. The molecule has 12 heteroatoms. The summed E-state index contributed by atoms with van der Waals surface area (Å²) in [7, 11) is 0. The molecule has 4 rings (SSSR count). The first-order valence-electron chi connectivity index (χ1n) is 15.9. The lowest BCUT2D eigenvalue weighted by Gasteiger charge is -2.37. The van der Waals surface area contributed by atoms with Gasteiger partial charge in [-0.2, -0.15) is 25.8 Å². The molecule has 3 N–H and O–H groups in total. The zero-order chi connectivity index (χ0) is 37.2.